The molecule has 0 spiro atoms. The highest BCUT2D eigenvalue weighted by Gasteiger charge is 2.16. The predicted molar refractivity (Wildman–Crippen MR) is 57.4 cm³/mol. The number of rotatable bonds is 6. The van der Waals surface area contributed by atoms with Gasteiger partial charge in [0.1, 0.15) is 11.9 Å². The van der Waals surface area contributed by atoms with Gasteiger partial charge in [-0.1, -0.05) is 0 Å². The van der Waals surface area contributed by atoms with Crippen molar-refractivity contribution in [2.45, 2.75) is 12.6 Å². The summed E-state index contributed by atoms with van der Waals surface area (Å²) in [5, 5.41) is 11.1. The summed E-state index contributed by atoms with van der Waals surface area (Å²) in [5.41, 5.74) is 5.31. The number of carbonyl (C=O) groups is 2. The van der Waals surface area contributed by atoms with Gasteiger partial charge in [-0.25, -0.2) is 4.79 Å². The topological polar surface area (TPSA) is 115 Å². The molecular formula is C10H14N2O5. The number of furan rings is 1. The number of ether oxygens (including phenoxy) is 1. The highest BCUT2D eigenvalue weighted by atomic mass is 16.5. The van der Waals surface area contributed by atoms with E-state index in [-0.39, 0.29) is 24.8 Å². The summed E-state index contributed by atoms with van der Waals surface area (Å²) in [6.45, 7) is 0.160. The molecule has 0 fully saturated rings. The molecule has 1 heterocycles. The maximum Gasteiger partial charge on any atom is 0.371 e. The van der Waals surface area contributed by atoms with E-state index in [2.05, 4.69) is 5.32 Å². The first-order chi connectivity index (χ1) is 8.08. The van der Waals surface area contributed by atoms with Crippen LogP contribution in [0.25, 0.3) is 0 Å². The van der Waals surface area contributed by atoms with Crippen LogP contribution in [0.15, 0.2) is 16.5 Å². The number of aromatic carboxylic acids is 1. The van der Waals surface area contributed by atoms with Gasteiger partial charge in [0.2, 0.25) is 5.76 Å². The number of nitrogens with one attached hydrogen (secondary N) is 1. The third-order valence-corrected chi connectivity index (χ3v) is 2.10. The Bertz CT molecular complexity index is 397. The Balaban J connectivity index is 2.49. The molecule has 0 aromatic carbocycles. The van der Waals surface area contributed by atoms with Crippen LogP contribution in [0.4, 0.5) is 0 Å². The Morgan fingerprint density at radius 3 is 2.76 bits per heavy atom. The maximum atomic E-state index is 11.4. The Hall–Kier alpha value is -1.86. The SMILES string of the molecule is COC(CN)C(=O)NCc1ccc(C(=O)O)o1. The lowest BCUT2D eigenvalue weighted by atomic mass is 10.3. The van der Waals surface area contributed by atoms with Crippen LogP contribution in [0.3, 0.4) is 0 Å². The first kappa shape index (κ1) is 13.2. The summed E-state index contributed by atoms with van der Waals surface area (Å²) < 4.78 is 9.79. The van der Waals surface area contributed by atoms with E-state index in [1.54, 1.807) is 0 Å². The van der Waals surface area contributed by atoms with Gasteiger partial charge >= 0.3 is 5.97 Å². The molecular weight excluding hydrogens is 228 g/mol. The summed E-state index contributed by atoms with van der Waals surface area (Å²) in [5.74, 6) is -1.35. The van der Waals surface area contributed by atoms with Gasteiger partial charge in [-0.3, -0.25) is 4.79 Å². The molecule has 0 aliphatic rings. The second-order valence-electron chi connectivity index (χ2n) is 3.25. The molecule has 1 unspecified atom stereocenters. The minimum atomic E-state index is -1.15. The first-order valence-corrected chi connectivity index (χ1v) is 4.91. The smallest absolute Gasteiger partial charge is 0.371 e. The van der Waals surface area contributed by atoms with Crippen LogP contribution in [0.2, 0.25) is 0 Å². The van der Waals surface area contributed by atoms with Crippen LogP contribution >= 0.6 is 0 Å². The average molecular weight is 242 g/mol. The predicted octanol–water partition coefficient (Wildman–Crippen LogP) is -0.432. The Labute approximate surface area is 97.5 Å². The van der Waals surface area contributed by atoms with E-state index in [1.807, 2.05) is 0 Å². The molecule has 0 radical (unpaired) electrons. The number of carboxylic acids is 1. The van der Waals surface area contributed by atoms with Crippen molar-refractivity contribution < 1.29 is 23.8 Å². The highest BCUT2D eigenvalue weighted by molar-refractivity contribution is 5.84. The molecule has 7 heteroatoms. The van der Waals surface area contributed by atoms with E-state index in [9.17, 15) is 9.59 Å². The van der Waals surface area contributed by atoms with Gasteiger partial charge in [-0.05, 0) is 12.1 Å². The van der Waals surface area contributed by atoms with E-state index in [0.717, 1.165) is 0 Å². The molecule has 1 aromatic rings. The van der Waals surface area contributed by atoms with E-state index in [4.69, 9.17) is 20.0 Å². The third-order valence-electron chi connectivity index (χ3n) is 2.10. The molecule has 0 saturated carbocycles. The van der Waals surface area contributed by atoms with Gasteiger partial charge in [-0.15, -0.1) is 0 Å². The first-order valence-electron chi connectivity index (χ1n) is 4.91. The monoisotopic (exact) mass is 242 g/mol. The largest absolute Gasteiger partial charge is 0.475 e. The van der Waals surface area contributed by atoms with Crippen LogP contribution in [-0.4, -0.2) is 36.7 Å². The number of carbonyl (C=O) groups excluding carboxylic acids is 1. The van der Waals surface area contributed by atoms with Crippen molar-refractivity contribution in [2.75, 3.05) is 13.7 Å². The van der Waals surface area contributed by atoms with E-state index in [1.165, 1.54) is 19.2 Å². The molecule has 1 amide bonds. The molecule has 0 saturated heterocycles. The zero-order valence-corrected chi connectivity index (χ0v) is 9.30. The Morgan fingerprint density at radius 2 is 2.29 bits per heavy atom. The third kappa shape index (κ3) is 3.58. The van der Waals surface area contributed by atoms with Crippen molar-refractivity contribution in [2.24, 2.45) is 5.73 Å². The van der Waals surface area contributed by atoms with Crippen molar-refractivity contribution in [3.8, 4) is 0 Å². The van der Waals surface area contributed by atoms with Crippen molar-refractivity contribution in [1.82, 2.24) is 5.32 Å². The molecule has 17 heavy (non-hydrogen) atoms. The molecule has 1 aromatic heterocycles. The number of nitrogens with two attached hydrogens (primary N) is 1. The molecule has 94 valence electrons. The summed E-state index contributed by atoms with van der Waals surface area (Å²) in [6, 6.07) is 2.80. The standard InChI is InChI=1S/C10H14N2O5/c1-16-8(4-11)9(13)12-5-6-2-3-7(17-6)10(14)15/h2-3,8H,4-5,11H2,1H3,(H,12,13)(H,14,15). The van der Waals surface area contributed by atoms with Crippen LogP contribution in [-0.2, 0) is 16.1 Å². The molecule has 0 aliphatic heterocycles. The minimum Gasteiger partial charge on any atom is -0.475 e. The Kier molecular flexibility index (Phi) is 4.68. The maximum absolute atomic E-state index is 11.4. The van der Waals surface area contributed by atoms with Crippen LogP contribution in [0.1, 0.15) is 16.3 Å². The van der Waals surface area contributed by atoms with Crippen LogP contribution in [0, 0.1) is 0 Å². The summed E-state index contributed by atoms with van der Waals surface area (Å²) in [4.78, 5) is 22.0. The second-order valence-corrected chi connectivity index (χ2v) is 3.25. The lowest BCUT2D eigenvalue weighted by molar-refractivity contribution is -0.130. The highest BCUT2D eigenvalue weighted by Crippen LogP contribution is 2.07. The fourth-order valence-electron chi connectivity index (χ4n) is 1.19. The number of hydrogen-bond acceptors (Lipinski definition) is 5. The summed E-state index contributed by atoms with van der Waals surface area (Å²) >= 11 is 0. The number of methoxy groups -OCH3 is 1. The fourth-order valence-corrected chi connectivity index (χ4v) is 1.19. The zero-order valence-electron chi connectivity index (χ0n) is 9.30. The van der Waals surface area contributed by atoms with E-state index >= 15 is 0 Å². The lowest BCUT2D eigenvalue weighted by Crippen LogP contribution is -2.40. The van der Waals surface area contributed by atoms with Gasteiger partial charge in [0.05, 0.1) is 6.54 Å². The van der Waals surface area contributed by atoms with Crippen LogP contribution in [0.5, 0.6) is 0 Å². The quantitative estimate of drug-likeness (QED) is 0.623. The van der Waals surface area contributed by atoms with Crippen molar-refractivity contribution >= 4 is 11.9 Å². The summed E-state index contributed by atoms with van der Waals surface area (Å²) in [6.07, 6.45) is -0.719. The van der Waals surface area contributed by atoms with Gasteiger partial charge in [-0.2, -0.15) is 0 Å². The van der Waals surface area contributed by atoms with Gasteiger partial charge in [0, 0.05) is 13.7 Å². The molecule has 1 atom stereocenters. The van der Waals surface area contributed by atoms with Gasteiger partial charge < -0.3 is 25.3 Å². The number of carboxylic acid groups (broad SMARTS) is 1. The molecule has 1 rings (SSSR count). The number of amides is 1. The van der Waals surface area contributed by atoms with Gasteiger partial charge in [0.25, 0.3) is 5.91 Å². The van der Waals surface area contributed by atoms with Crippen LogP contribution < -0.4 is 11.1 Å². The van der Waals surface area contributed by atoms with Crippen molar-refractivity contribution in [3.05, 3.63) is 23.7 Å². The molecule has 0 bridgehead atoms. The van der Waals surface area contributed by atoms with E-state index in [0.29, 0.717) is 5.76 Å². The average Bonchev–Trinajstić information content (AvgIpc) is 2.76. The number of hydrogen-bond donors (Lipinski definition) is 3. The minimum absolute atomic E-state index is 0.0703. The fraction of sp³-hybridized carbons (Fsp3) is 0.400. The summed E-state index contributed by atoms with van der Waals surface area (Å²) in [7, 11) is 1.38. The lowest BCUT2D eigenvalue weighted by Gasteiger charge is -2.11. The zero-order chi connectivity index (χ0) is 12.8. The van der Waals surface area contributed by atoms with Gasteiger partial charge in [0.15, 0.2) is 0 Å². The molecule has 4 N–H and O–H groups in total. The van der Waals surface area contributed by atoms with Crippen molar-refractivity contribution in [1.29, 1.82) is 0 Å². The Morgan fingerprint density at radius 1 is 1.59 bits per heavy atom. The normalized spacial score (nSPS) is 12.1. The molecule has 0 aliphatic carbocycles. The van der Waals surface area contributed by atoms with E-state index < -0.39 is 12.1 Å². The second kappa shape index (κ2) is 6.02. The molecule has 7 nitrogen and oxygen atoms in total. The van der Waals surface area contributed by atoms with Crippen molar-refractivity contribution in [3.63, 3.8) is 0 Å².